The fraction of sp³-hybridized carbons (Fsp3) is 0.280. The van der Waals surface area contributed by atoms with Crippen LogP contribution in [0.25, 0.3) is 28.2 Å². The molecule has 0 N–H and O–H groups in total. The molecule has 146 valence electrons. The Labute approximate surface area is 171 Å². The number of likely N-dealkylation sites (tertiary alicyclic amines) is 1. The van der Waals surface area contributed by atoms with Gasteiger partial charge in [0.25, 0.3) is 0 Å². The van der Waals surface area contributed by atoms with Crippen LogP contribution in [0.2, 0.25) is 0 Å². The molecule has 1 aliphatic rings. The minimum absolute atomic E-state index is 0.787. The predicted molar refractivity (Wildman–Crippen MR) is 118 cm³/mol. The zero-order valence-corrected chi connectivity index (χ0v) is 16.9. The molecule has 4 heteroatoms. The lowest BCUT2D eigenvalue weighted by molar-refractivity contribution is 0.221. The molecule has 4 aromatic rings. The van der Waals surface area contributed by atoms with Gasteiger partial charge in [0.2, 0.25) is 0 Å². The Bertz CT molecular complexity index is 1120. The Morgan fingerprint density at radius 3 is 2.48 bits per heavy atom. The summed E-state index contributed by atoms with van der Waals surface area (Å²) in [6.45, 7) is 5.57. The van der Waals surface area contributed by atoms with Crippen molar-refractivity contribution in [2.75, 3.05) is 13.1 Å². The molecule has 0 saturated carbocycles. The fourth-order valence-corrected chi connectivity index (χ4v) is 4.32. The third-order valence-electron chi connectivity index (χ3n) is 5.92. The lowest BCUT2D eigenvalue weighted by Crippen LogP contribution is -2.29. The Morgan fingerprint density at radius 1 is 0.862 bits per heavy atom. The summed E-state index contributed by atoms with van der Waals surface area (Å²) in [6, 6.07) is 21.2. The van der Waals surface area contributed by atoms with Crippen molar-refractivity contribution < 1.29 is 0 Å². The van der Waals surface area contributed by atoms with Crippen LogP contribution in [-0.2, 0) is 6.54 Å². The second-order valence-electron chi connectivity index (χ2n) is 7.95. The number of hydrogen-bond donors (Lipinski definition) is 0. The topological polar surface area (TPSA) is 33.4 Å². The number of piperidine rings is 1. The Balaban J connectivity index is 1.48. The first-order valence-electron chi connectivity index (χ1n) is 10.5. The van der Waals surface area contributed by atoms with Crippen LogP contribution in [0, 0.1) is 6.92 Å². The third-order valence-corrected chi connectivity index (χ3v) is 5.92. The molecule has 0 aliphatic carbocycles. The van der Waals surface area contributed by atoms with Crippen LogP contribution in [0.5, 0.6) is 0 Å². The Morgan fingerprint density at radius 2 is 1.66 bits per heavy atom. The van der Waals surface area contributed by atoms with Gasteiger partial charge in [-0.2, -0.15) is 0 Å². The number of rotatable bonds is 4. The first kappa shape index (κ1) is 18.1. The maximum absolute atomic E-state index is 4.87. The van der Waals surface area contributed by atoms with Gasteiger partial charge in [-0.15, -0.1) is 5.10 Å². The molecule has 2 aromatic carbocycles. The van der Waals surface area contributed by atoms with Gasteiger partial charge in [-0.3, -0.25) is 4.90 Å². The van der Waals surface area contributed by atoms with Gasteiger partial charge >= 0.3 is 0 Å². The summed E-state index contributed by atoms with van der Waals surface area (Å²) < 4.78 is 1.89. The van der Waals surface area contributed by atoms with Crippen molar-refractivity contribution in [3.05, 3.63) is 78.0 Å². The van der Waals surface area contributed by atoms with Gasteiger partial charge in [0.15, 0.2) is 11.5 Å². The standard InChI is InChI=1S/C25H26N4/c1-19-22(21-9-4-2-5-10-21)11-8-12-23(19)25-26-24-17-20(13-16-29(24)27-25)18-28-14-6-3-7-15-28/h2,4-5,8-13,16-17H,3,6-7,14-15,18H2,1H3. The molecule has 0 amide bonds. The summed E-state index contributed by atoms with van der Waals surface area (Å²) in [6.07, 6.45) is 6.04. The van der Waals surface area contributed by atoms with Crippen LogP contribution in [0.15, 0.2) is 66.9 Å². The third kappa shape index (κ3) is 3.68. The summed E-state index contributed by atoms with van der Waals surface area (Å²) >= 11 is 0. The van der Waals surface area contributed by atoms with Crippen molar-refractivity contribution in [3.8, 4) is 22.5 Å². The maximum Gasteiger partial charge on any atom is 0.182 e. The van der Waals surface area contributed by atoms with E-state index in [1.54, 1.807) is 0 Å². The normalized spacial score (nSPS) is 15.1. The number of benzene rings is 2. The van der Waals surface area contributed by atoms with Gasteiger partial charge in [0, 0.05) is 18.3 Å². The van der Waals surface area contributed by atoms with E-state index < -0.39 is 0 Å². The minimum atomic E-state index is 0.787. The largest absolute Gasteiger partial charge is 0.299 e. The smallest absolute Gasteiger partial charge is 0.182 e. The molecule has 0 radical (unpaired) electrons. The molecule has 0 atom stereocenters. The van der Waals surface area contributed by atoms with E-state index >= 15 is 0 Å². The highest BCUT2D eigenvalue weighted by molar-refractivity contribution is 5.76. The second kappa shape index (κ2) is 7.80. The van der Waals surface area contributed by atoms with Crippen LogP contribution in [0.1, 0.15) is 30.4 Å². The van der Waals surface area contributed by atoms with Crippen molar-refractivity contribution >= 4 is 5.65 Å². The quantitative estimate of drug-likeness (QED) is 0.476. The highest BCUT2D eigenvalue weighted by Crippen LogP contribution is 2.30. The van der Waals surface area contributed by atoms with E-state index in [2.05, 4.69) is 66.4 Å². The lowest BCUT2D eigenvalue weighted by atomic mass is 9.96. The molecule has 3 heterocycles. The molecule has 2 aromatic heterocycles. The monoisotopic (exact) mass is 382 g/mol. The number of nitrogens with zero attached hydrogens (tertiary/aromatic N) is 4. The highest BCUT2D eigenvalue weighted by atomic mass is 15.3. The molecule has 29 heavy (non-hydrogen) atoms. The molecule has 1 saturated heterocycles. The van der Waals surface area contributed by atoms with Crippen LogP contribution in [0.4, 0.5) is 0 Å². The fourth-order valence-electron chi connectivity index (χ4n) is 4.32. The van der Waals surface area contributed by atoms with Crippen LogP contribution in [0.3, 0.4) is 0 Å². The van der Waals surface area contributed by atoms with E-state index in [4.69, 9.17) is 10.1 Å². The first-order chi connectivity index (χ1) is 14.3. The molecule has 1 aliphatic heterocycles. The van der Waals surface area contributed by atoms with Crippen LogP contribution >= 0.6 is 0 Å². The zero-order chi connectivity index (χ0) is 19.6. The van der Waals surface area contributed by atoms with Gasteiger partial charge < -0.3 is 0 Å². The van der Waals surface area contributed by atoms with Crippen molar-refractivity contribution in [2.45, 2.75) is 32.7 Å². The van der Waals surface area contributed by atoms with E-state index in [1.165, 1.54) is 54.6 Å². The molecule has 4 nitrogen and oxygen atoms in total. The first-order valence-corrected chi connectivity index (χ1v) is 10.5. The SMILES string of the molecule is Cc1c(-c2ccccc2)cccc1-c1nc2cc(CN3CCCCC3)ccn2n1. The summed E-state index contributed by atoms with van der Waals surface area (Å²) in [4.78, 5) is 7.41. The van der Waals surface area contributed by atoms with Gasteiger partial charge in [-0.05, 0) is 67.2 Å². The average Bonchev–Trinajstić information content (AvgIpc) is 3.18. The van der Waals surface area contributed by atoms with Gasteiger partial charge in [-0.25, -0.2) is 9.50 Å². The van der Waals surface area contributed by atoms with Gasteiger partial charge in [-0.1, -0.05) is 55.0 Å². The van der Waals surface area contributed by atoms with E-state index in [9.17, 15) is 0 Å². The van der Waals surface area contributed by atoms with Crippen molar-refractivity contribution in [2.24, 2.45) is 0 Å². The second-order valence-corrected chi connectivity index (χ2v) is 7.95. The van der Waals surface area contributed by atoms with E-state index in [0.29, 0.717) is 0 Å². The number of hydrogen-bond acceptors (Lipinski definition) is 3. The molecule has 0 unspecified atom stereocenters. The van der Waals surface area contributed by atoms with Gasteiger partial charge in [0.1, 0.15) is 0 Å². The summed E-state index contributed by atoms with van der Waals surface area (Å²) in [5, 5.41) is 4.76. The maximum atomic E-state index is 4.87. The highest BCUT2D eigenvalue weighted by Gasteiger charge is 2.14. The number of pyridine rings is 1. The Kier molecular flexibility index (Phi) is 4.86. The number of fused-ring (bicyclic) bond motifs is 1. The van der Waals surface area contributed by atoms with Crippen LogP contribution in [-0.4, -0.2) is 32.6 Å². The van der Waals surface area contributed by atoms with Crippen LogP contribution < -0.4 is 0 Å². The lowest BCUT2D eigenvalue weighted by Gasteiger charge is -2.26. The predicted octanol–water partition coefficient (Wildman–Crippen LogP) is 5.36. The molecule has 0 spiro atoms. The van der Waals surface area contributed by atoms with Crippen molar-refractivity contribution in [3.63, 3.8) is 0 Å². The number of aromatic nitrogens is 3. The summed E-state index contributed by atoms with van der Waals surface area (Å²) in [7, 11) is 0. The Hall–Kier alpha value is -2.98. The molecule has 0 bridgehead atoms. The van der Waals surface area contributed by atoms with E-state index in [1.807, 2.05) is 16.8 Å². The molecule has 1 fully saturated rings. The molecular weight excluding hydrogens is 356 g/mol. The average molecular weight is 383 g/mol. The molecular formula is C25H26N4. The van der Waals surface area contributed by atoms with E-state index in [0.717, 1.165) is 23.6 Å². The minimum Gasteiger partial charge on any atom is -0.299 e. The van der Waals surface area contributed by atoms with Crippen molar-refractivity contribution in [1.82, 2.24) is 19.5 Å². The molecule has 5 rings (SSSR count). The van der Waals surface area contributed by atoms with E-state index in [-0.39, 0.29) is 0 Å². The van der Waals surface area contributed by atoms with Crippen molar-refractivity contribution in [1.29, 1.82) is 0 Å². The van der Waals surface area contributed by atoms with Gasteiger partial charge in [0.05, 0.1) is 0 Å². The summed E-state index contributed by atoms with van der Waals surface area (Å²) in [5.41, 5.74) is 6.98. The zero-order valence-electron chi connectivity index (χ0n) is 16.9. The summed E-state index contributed by atoms with van der Waals surface area (Å²) in [5.74, 6) is 0.787.